The van der Waals surface area contributed by atoms with E-state index in [9.17, 15) is 4.79 Å². The number of nitrogens with one attached hydrogen (secondary N) is 1. The molecule has 1 aliphatic rings. The predicted molar refractivity (Wildman–Crippen MR) is 121 cm³/mol. The van der Waals surface area contributed by atoms with Crippen molar-refractivity contribution in [1.29, 1.82) is 0 Å². The molecule has 0 unspecified atom stereocenters. The van der Waals surface area contributed by atoms with E-state index in [4.69, 9.17) is 4.98 Å². The topological polar surface area (TPSA) is 58.1 Å². The fourth-order valence-corrected chi connectivity index (χ4v) is 5.26. The molecular formula is C20H22N4OS3. The molecule has 1 aliphatic heterocycles. The van der Waals surface area contributed by atoms with Crippen LogP contribution < -0.4 is 10.2 Å². The third-order valence-electron chi connectivity index (χ3n) is 4.77. The van der Waals surface area contributed by atoms with Crippen molar-refractivity contribution in [3.05, 3.63) is 35.2 Å². The number of fused-ring (bicyclic) bond motifs is 1. The molecule has 1 aromatic carbocycles. The fraction of sp³-hybridized carbons (Fsp3) is 0.350. The summed E-state index contributed by atoms with van der Waals surface area (Å²) in [4.78, 5) is 27.3. The lowest BCUT2D eigenvalue weighted by Gasteiger charge is -2.28. The van der Waals surface area contributed by atoms with Crippen molar-refractivity contribution in [1.82, 2.24) is 9.97 Å². The van der Waals surface area contributed by atoms with Crippen LogP contribution in [0.5, 0.6) is 0 Å². The van der Waals surface area contributed by atoms with E-state index in [0.29, 0.717) is 4.88 Å². The normalized spacial score (nSPS) is 14.4. The summed E-state index contributed by atoms with van der Waals surface area (Å²) in [6, 6.07) is 9.80. The SMILES string of the molecule is CSc1nc(N2CCCCC2)c2cc(C(=O)Nc3ccccc3SC)sc2n1. The highest BCUT2D eigenvalue weighted by molar-refractivity contribution is 7.98. The molecule has 0 radical (unpaired) electrons. The molecule has 1 saturated heterocycles. The number of carbonyl (C=O) groups is 1. The van der Waals surface area contributed by atoms with Gasteiger partial charge in [0.25, 0.3) is 5.91 Å². The highest BCUT2D eigenvalue weighted by atomic mass is 32.2. The molecule has 0 bridgehead atoms. The first-order chi connectivity index (χ1) is 13.7. The summed E-state index contributed by atoms with van der Waals surface area (Å²) in [5, 5.41) is 4.79. The Hall–Kier alpha value is -1.77. The van der Waals surface area contributed by atoms with Gasteiger partial charge in [-0.05, 0) is 50.0 Å². The summed E-state index contributed by atoms with van der Waals surface area (Å²) >= 11 is 4.60. The summed E-state index contributed by atoms with van der Waals surface area (Å²) < 4.78 is 0. The second kappa shape index (κ2) is 8.71. The monoisotopic (exact) mass is 430 g/mol. The van der Waals surface area contributed by atoms with Crippen molar-refractivity contribution >= 4 is 62.5 Å². The van der Waals surface area contributed by atoms with Crippen LogP contribution in [0.25, 0.3) is 10.2 Å². The molecule has 0 aliphatic carbocycles. The number of benzene rings is 1. The van der Waals surface area contributed by atoms with Gasteiger partial charge in [0.2, 0.25) is 0 Å². The number of carbonyl (C=O) groups excluding carboxylic acids is 1. The predicted octanol–water partition coefficient (Wildman–Crippen LogP) is 5.38. The number of hydrogen-bond donors (Lipinski definition) is 1. The van der Waals surface area contributed by atoms with Crippen molar-refractivity contribution in [3.8, 4) is 0 Å². The molecule has 5 nitrogen and oxygen atoms in total. The average Bonchev–Trinajstić information content (AvgIpc) is 3.18. The van der Waals surface area contributed by atoms with Gasteiger partial charge in [0.05, 0.1) is 16.0 Å². The third-order valence-corrected chi connectivity index (χ3v) is 7.14. The smallest absolute Gasteiger partial charge is 0.265 e. The Morgan fingerprint density at radius 1 is 1.11 bits per heavy atom. The van der Waals surface area contributed by atoms with Gasteiger partial charge in [-0.25, -0.2) is 9.97 Å². The van der Waals surface area contributed by atoms with Crippen LogP contribution in [-0.2, 0) is 0 Å². The van der Waals surface area contributed by atoms with Crippen LogP contribution >= 0.6 is 34.9 Å². The molecule has 0 atom stereocenters. The van der Waals surface area contributed by atoms with E-state index < -0.39 is 0 Å². The maximum Gasteiger partial charge on any atom is 0.265 e. The van der Waals surface area contributed by atoms with Gasteiger partial charge < -0.3 is 10.2 Å². The van der Waals surface area contributed by atoms with E-state index in [0.717, 1.165) is 44.9 Å². The third kappa shape index (κ3) is 3.99. The van der Waals surface area contributed by atoms with Gasteiger partial charge in [0, 0.05) is 18.0 Å². The van der Waals surface area contributed by atoms with Crippen molar-refractivity contribution in [2.24, 2.45) is 0 Å². The fourth-order valence-electron chi connectivity index (χ4n) is 3.37. The average molecular weight is 431 g/mol. The first-order valence-electron chi connectivity index (χ1n) is 9.24. The van der Waals surface area contributed by atoms with Gasteiger partial charge in [-0.15, -0.1) is 23.1 Å². The number of aromatic nitrogens is 2. The number of amides is 1. The van der Waals surface area contributed by atoms with E-state index in [1.54, 1.807) is 23.5 Å². The van der Waals surface area contributed by atoms with Gasteiger partial charge in [-0.1, -0.05) is 23.9 Å². The molecule has 146 valence electrons. The Morgan fingerprint density at radius 2 is 1.89 bits per heavy atom. The second-order valence-corrected chi connectivity index (χ2v) is 9.22. The molecule has 1 N–H and O–H groups in total. The molecule has 2 aromatic heterocycles. The van der Waals surface area contributed by atoms with Gasteiger partial charge in [0.1, 0.15) is 10.6 Å². The zero-order valence-corrected chi connectivity index (χ0v) is 18.3. The van der Waals surface area contributed by atoms with Crippen molar-refractivity contribution in [3.63, 3.8) is 0 Å². The minimum atomic E-state index is -0.0974. The molecule has 3 aromatic rings. The van der Waals surface area contributed by atoms with Crippen molar-refractivity contribution < 1.29 is 4.79 Å². The van der Waals surface area contributed by atoms with Crippen LogP contribution in [0.3, 0.4) is 0 Å². The number of hydrogen-bond acceptors (Lipinski definition) is 7. The summed E-state index contributed by atoms with van der Waals surface area (Å²) in [5.41, 5.74) is 0.838. The lowest BCUT2D eigenvalue weighted by Crippen LogP contribution is -2.30. The molecule has 1 amide bonds. The highest BCUT2D eigenvalue weighted by Gasteiger charge is 2.21. The Kier molecular flexibility index (Phi) is 6.08. The molecule has 8 heteroatoms. The van der Waals surface area contributed by atoms with E-state index in [1.165, 1.54) is 30.6 Å². The largest absolute Gasteiger partial charge is 0.356 e. The lowest BCUT2D eigenvalue weighted by atomic mass is 10.1. The highest BCUT2D eigenvalue weighted by Crippen LogP contribution is 2.34. The minimum Gasteiger partial charge on any atom is -0.356 e. The number of thioether (sulfide) groups is 2. The molecule has 0 saturated carbocycles. The quantitative estimate of drug-likeness (QED) is 0.433. The summed E-state index contributed by atoms with van der Waals surface area (Å²) in [6.45, 7) is 2.02. The molecule has 4 rings (SSSR count). The number of piperidine rings is 1. The van der Waals surface area contributed by atoms with Crippen LogP contribution in [0, 0.1) is 0 Å². The Balaban J connectivity index is 1.69. The van der Waals surface area contributed by atoms with E-state index in [1.807, 2.05) is 42.8 Å². The first kappa shape index (κ1) is 19.5. The lowest BCUT2D eigenvalue weighted by molar-refractivity contribution is 0.103. The minimum absolute atomic E-state index is 0.0974. The number of thiophene rings is 1. The van der Waals surface area contributed by atoms with Crippen molar-refractivity contribution in [2.45, 2.75) is 29.3 Å². The standard InChI is InChI=1S/C20H22N4OS3/c1-26-15-9-5-4-8-14(15)21-18(25)16-12-13-17(24-10-6-3-7-11-24)22-20(27-2)23-19(13)28-16/h4-5,8-9,12H,3,6-7,10-11H2,1-2H3,(H,21,25). The van der Waals surface area contributed by atoms with Gasteiger partial charge >= 0.3 is 0 Å². The molecular weight excluding hydrogens is 408 g/mol. The van der Waals surface area contributed by atoms with E-state index >= 15 is 0 Å². The zero-order valence-electron chi connectivity index (χ0n) is 15.9. The van der Waals surface area contributed by atoms with Crippen LogP contribution in [0.1, 0.15) is 28.9 Å². The van der Waals surface area contributed by atoms with Crippen LogP contribution in [0.15, 0.2) is 40.4 Å². The first-order valence-corrected chi connectivity index (χ1v) is 12.5. The zero-order chi connectivity index (χ0) is 19.5. The van der Waals surface area contributed by atoms with Crippen LogP contribution in [0.2, 0.25) is 0 Å². The number of anilines is 2. The Labute approximate surface area is 177 Å². The van der Waals surface area contributed by atoms with E-state index in [2.05, 4.69) is 15.2 Å². The van der Waals surface area contributed by atoms with Crippen molar-refractivity contribution in [2.75, 3.05) is 35.8 Å². The maximum absolute atomic E-state index is 12.9. The molecule has 3 heterocycles. The molecule has 1 fully saturated rings. The molecule has 0 spiro atoms. The number of nitrogens with zero attached hydrogens (tertiary/aromatic N) is 3. The second-order valence-electron chi connectivity index (χ2n) is 6.57. The maximum atomic E-state index is 12.9. The Morgan fingerprint density at radius 3 is 2.64 bits per heavy atom. The number of rotatable bonds is 5. The summed E-state index contributed by atoms with van der Waals surface area (Å²) in [5.74, 6) is 0.869. The Bertz CT molecular complexity index is 998. The summed E-state index contributed by atoms with van der Waals surface area (Å²) in [7, 11) is 0. The number of para-hydroxylation sites is 1. The van der Waals surface area contributed by atoms with Gasteiger partial charge in [0.15, 0.2) is 5.16 Å². The van der Waals surface area contributed by atoms with Crippen LogP contribution in [0.4, 0.5) is 11.5 Å². The van der Waals surface area contributed by atoms with Gasteiger partial charge in [-0.2, -0.15) is 0 Å². The molecule has 28 heavy (non-hydrogen) atoms. The van der Waals surface area contributed by atoms with E-state index in [-0.39, 0.29) is 5.91 Å². The van der Waals surface area contributed by atoms with Crippen LogP contribution in [-0.4, -0.2) is 41.5 Å². The summed E-state index contributed by atoms with van der Waals surface area (Å²) in [6.07, 6.45) is 7.63. The van der Waals surface area contributed by atoms with Gasteiger partial charge in [-0.3, -0.25) is 4.79 Å².